The molecule has 0 saturated carbocycles. The van der Waals surface area contributed by atoms with Crippen LogP contribution in [0.2, 0.25) is 5.15 Å². The van der Waals surface area contributed by atoms with Gasteiger partial charge in [0.2, 0.25) is 0 Å². The van der Waals surface area contributed by atoms with Crippen LogP contribution in [0.4, 0.5) is 5.82 Å². The number of fused-ring (bicyclic) bond motifs is 1. The number of rotatable bonds is 5. The Bertz CT molecular complexity index is 592. The largest absolute Gasteiger partial charge is 0.365 e. The molecule has 0 aliphatic carbocycles. The van der Waals surface area contributed by atoms with E-state index >= 15 is 0 Å². The minimum atomic E-state index is 0.287. The molecule has 0 fully saturated rings. The summed E-state index contributed by atoms with van der Waals surface area (Å²) < 4.78 is 1.70. The summed E-state index contributed by atoms with van der Waals surface area (Å²) in [5.41, 5.74) is 0.883. The molecule has 0 aromatic carbocycles. The summed E-state index contributed by atoms with van der Waals surface area (Å²) in [6.45, 7) is 7.24. The van der Waals surface area contributed by atoms with Crippen LogP contribution in [-0.2, 0) is 0 Å². The van der Waals surface area contributed by atoms with Crippen molar-refractivity contribution in [2.24, 2.45) is 5.92 Å². The highest BCUT2D eigenvalue weighted by Crippen LogP contribution is 2.23. The first-order chi connectivity index (χ1) is 9.40. The molecule has 1 unspecified atom stereocenters. The number of aromatic nitrogens is 4. The number of hydrogen-bond donors (Lipinski definition) is 1. The van der Waals surface area contributed by atoms with E-state index in [4.69, 9.17) is 11.6 Å². The monoisotopic (exact) mass is 296 g/mol. The van der Waals surface area contributed by atoms with Crippen molar-refractivity contribution in [1.29, 1.82) is 0 Å². The lowest BCUT2D eigenvalue weighted by Crippen LogP contribution is -2.37. The fourth-order valence-corrected chi connectivity index (χ4v) is 2.22. The van der Waals surface area contributed by atoms with Crippen LogP contribution in [0.5, 0.6) is 0 Å². The second-order valence-corrected chi connectivity index (χ2v) is 5.96. The zero-order valence-corrected chi connectivity index (χ0v) is 13.3. The minimum Gasteiger partial charge on any atom is -0.365 e. The molecular weight excluding hydrogens is 276 g/mol. The Morgan fingerprint density at radius 2 is 2.10 bits per heavy atom. The molecule has 0 radical (unpaired) electrons. The average molecular weight is 297 g/mol. The fraction of sp³-hybridized carbons (Fsp3) is 0.615. The lowest BCUT2D eigenvalue weighted by atomic mass is 10.0. The fourth-order valence-electron chi connectivity index (χ4n) is 2.06. The van der Waals surface area contributed by atoms with Gasteiger partial charge in [-0.1, -0.05) is 25.4 Å². The van der Waals surface area contributed by atoms with E-state index in [9.17, 15) is 0 Å². The SMILES string of the molecule is Cc1c(Cl)nc2ncnn2c1NC(CN(C)C)C(C)C. The maximum absolute atomic E-state index is 6.18. The van der Waals surface area contributed by atoms with Crippen LogP contribution in [0.15, 0.2) is 6.33 Å². The highest BCUT2D eigenvalue weighted by atomic mass is 35.5. The molecule has 2 aromatic heterocycles. The summed E-state index contributed by atoms with van der Waals surface area (Å²) in [7, 11) is 4.13. The van der Waals surface area contributed by atoms with E-state index in [1.54, 1.807) is 4.52 Å². The van der Waals surface area contributed by atoms with Gasteiger partial charge in [0.15, 0.2) is 0 Å². The zero-order chi connectivity index (χ0) is 14.9. The molecule has 0 bridgehead atoms. The Labute approximate surface area is 124 Å². The van der Waals surface area contributed by atoms with Gasteiger partial charge in [-0.25, -0.2) is 0 Å². The molecule has 0 aliphatic rings. The first-order valence-electron chi connectivity index (χ1n) is 6.67. The zero-order valence-electron chi connectivity index (χ0n) is 12.6. The first kappa shape index (κ1) is 15.0. The normalized spacial score (nSPS) is 13.4. The molecule has 0 saturated heterocycles. The van der Waals surface area contributed by atoms with Gasteiger partial charge in [-0.2, -0.15) is 19.6 Å². The van der Waals surface area contributed by atoms with Crippen LogP contribution in [0, 0.1) is 12.8 Å². The van der Waals surface area contributed by atoms with Crippen LogP contribution in [0.25, 0.3) is 5.78 Å². The topological polar surface area (TPSA) is 58.4 Å². The van der Waals surface area contributed by atoms with Gasteiger partial charge in [0.25, 0.3) is 5.78 Å². The molecule has 1 N–H and O–H groups in total. The van der Waals surface area contributed by atoms with Crippen molar-refractivity contribution in [3.05, 3.63) is 17.0 Å². The molecule has 0 aliphatic heterocycles. The van der Waals surface area contributed by atoms with Crippen LogP contribution >= 0.6 is 11.6 Å². The molecule has 2 rings (SSSR count). The Kier molecular flexibility index (Phi) is 4.45. The molecule has 110 valence electrons. The van der Waals surface area contributed by atoms with Crippen LogP contribution in [-0.4, -0.2) is 51.2 Å². The molecule has 6 nitrogen and oxygen atoms in total. The molecule has 0 spiro atoms. The number of nitrogens with zero attached hydrogens (tertiary/aromatic N) is 5. The van der Waals surface area contributed by atoms with Crippen LogP contribution in [0.3, 0.4) is 0 Å². The summed E-state index contributed by atoms with van der Waals surface area (Å²) >= 11 is 6.18. The average Bonchev–Trinajstić information content (AvgIpc) is 2.80. The van der Waals surface area contributed by atoms with Crippen molar-refractivity contribution in [3.63, 3.8) is 0 Å². The summed E-state index contributed by atoms with van der Waals surface area (Å²) in [5, 5.41) is 8.22. The third-order valence-corrected chi connectivity index (χ3v) is 3.66. The Hall–Kier alpha value is -1.40. The Morgan fingerprint density at radius 1 is 1.40 bits per heavy atom. The molecule has 20 heavy (non-hydrogen) atoms. The van der Waals surface area contributed by atoms with E-state index in [1.807, 2.05) is 6.92 Å². The second kappa shape index (κ2) is 5.93. The van der Waals surface area contributed by atoms with Gasteiger partial charge in [-0.15, -0.1) is 0 Å². The Morgan fingerprint density at radius 3 is 2.70 bits per heavy atom. The van der Waals surface area contributed by atoms with Crippen LogP contribution < -0.4 is 5.32 Å². The van der Waals surface area contributed by atoms with Crippen molar-refractivity contribution in [1.82, 2.24) is 24.5 Å². The maximum Gasteiger partial charge on any atom is 0.255 e. The molecule has 2 aromatic rings. The number of halogens is 1. The number of nitrogens with one attached hydrogen (secondary N) is 1. The van der Waals surface area contributed by atoms with E-state index in [-0.39, 0.29) is 6.04 Å². The summed E-state index contributed by atoms with van der Waals surface area (Å²) in [5.74, 6) is 1.84. The van der Waals surface area contributed by atoms with E-state index in [1.165, 1.54) is 6.33 Å². The Balaban J connectivity index is 2.40. The number of anilines is 1. The maximum atomic E-state index is 6.18. The standard InChI is InChI=1S/C13H21ClN6/c1-8(2)10(6-19(4)5)17-12-9(3)11(14)18-13-15-7-16-20(12)13/h7-8,10,17H,6H2,1-5H3. The van der Waals surface area contributed by atoms with Gasteiger partial charge in [0.1, 0.15) is 17.3 Å². The predicted octanol–water partition coefficient (Wildman–Crippen LogP) is 2.08. The van der Waals surface area contributed by atoms with Gasteiger partial charge < -0.3 is 10.2 Å². The third kappa shape index (κ3) is 3.02. The quantitative estimate of drug-likeness (QED) is 0.856. The van der Waals surface area contributed by atoms with Crippen LogP contribution in [0.1, 0.15) is 19.4 Å². The van der Waals surface area contributed by atoms with Gasteiger partial charge in [-0.05, 0) is 26.9 Å². The van der Waals surface area contributed by atoms with Crippen molar-refractivity contribution in [3.8, 4) is 0 Å². The minimum absolute atomic E-state index is 0.287. The highest BCUT2D eigenvalue weighted by molar-refractivity contribution is 6.30. The smallest absolute Gasteiger partial charge is 0.255 e. The van der Waals surface area contributed by atoms with Gasteiger partial charge in [0.05, 0.1) is 0 Å². The molecule has 1 atom stereocenters. The van der Waals surface area contributed by atoms with Crippen molar-refractivity contribution >= 4 is 23.2 Å². The lowest BCUT2D eigenvalue weighted by Gasteiger charge is -2.27. The summed E-state index contributed by atoms with van der Waals surface area (Å²) in [4.78, 5) is 10.5. The third-order valence-electron chi connectivity index (χ3n) is 3.29. The van der Waals surface area contributed by atoms with E-state index in [0.717, 1.165) is 17.9 Å². The molecule has 7 heteroatoms. The lowest BCUT2D eigenvalue weighted by molar-refractivity contribution is 0.344. The number of likely N-dealkylation sites (N-methyl/N-ethyl adjacent to an activating group) is 1. The predicted molar refractivity (Wildman–Crippen MR) is 81.3 cm³/mol. The van der Waals surface area contributed by atoms with Gasteiger partial charge in [0, 0.05) is 18.2 Å². The summed E-state index contributed by atoms with van der Waals surface area (Å²) in [6.07, 6.45) is 1.49. The molecule has 0 amide bonds. The van der Waals surface area contributed by atoms with Crippen molar-refractivity contribution < 1.29 is 0 Å². The van der Waals surface area contributed by atoms with Gasteiger partial charge >= 0.3 is 0 Å². The van der Waals surface area contributed by atoms with E-state index in [0.29, 0.717) is 16.8 Å². The van der Waals surface area contributed by atoms with E-state index in [2.05, 4.69) is 53.2 Å². The molecule has 2 heterocycles. The van der Waals surface area contributed by atoms with E-state index < -0.39 is 0 Å². The summed E-state index contributed by atoms with van der Waals surface area (Å²) in [6, 6.07) is 0.287. The highest BCUT2D eigenvalue weighted by Gasteiger charge is 2.19. The molecular formula is C13H21ClN6. The second-order valence-electron chi connectivity index (χ2n) is 5.61. The first-order valence-corrected chi connectivity index (χ1v) is 7.05. The van der Waals surface area contributed by atoms with Gasteiger partial charge in [-0.3, -0.25) is 0 Å². The number of hydrogen-bond acceptors (Lipinski definition) is 5. The van der Waals surface area contributed by atoms with Crippen molar-refractivity contribution in [2.45, 2.75) is 26.8 Å². The van der Waals surface area contributed by atoms with Crippen molar-refractivity contribution in [2.75, 3.05) is 26.0 Å².